The molecule has 1 saturated heterocycles. The van der Waals surface area contributed by atoms with Crippen LogP contribution in [-0.4, -0.2) is 64.0 Å². The number of amides is 1. The van der Waals surface area contributed by atoms with E-state index >= 15 is 0 Å². The highest BCUT2D eigenvalue weighted by molar-refractivity contribution is 5.92. The van der Waals surface area contributed by atoms with E-state index in [2.05, 4.69) is 31.9 Å². The Balaban J connectivity index is 1.27. The fourth-order valence-corrected chi connectivity index (χ4v) is 4.87. The first-order valence-corrected chi connectivity index (χ1v) is 9.95. The Morgan fingerprint density at radius 3 is 2.76 bits per heavy atom. The van der Waals surface area contributed by atoms with Gasteiger partial charge in [-0.3, -0.25) is 4.79 Å². The van der Waals surface area contributed by atoms with Crippen molar-refractivity contribution >= 4 is 22.8 Å². The number of fused-ring (bicyclic) bond motifs is 2. The van der Waals surface area contributed by atoms with Crippen LogP contribution in [0.25, 0.3) is 11.0 Å². The first-order valence-electron chi connectivity index (χ1n) is 9.95. The van der Waals surface area contributed by atoms with Crippen LogP contribution in [0.15, 0.2) is 36.8 Å². The molecule has 0 bridgehead atoms. The summed E-state index contributed by atoms with van der Waals surface area (Å²) in [6.07, 6.45) is 5.64. The van der Waals surface area contributed by atoms with E-state index in [1.165, 1.54) is 0 Å². The quantitative estimate of drug-likeness (QED) is 0.733. The molecule has 1 aliphatic heterocycles. The van der Waals surface area contributed by atoms with Gasteiger partial charge in [0.1, 0.15) is 23.5 Å². The van der Waals surface area contributed by atoms with Crippen LogP contribution in [0, 0.1) is 11.8 Å². The second-order valence-electron chi connectivity index (χ2n) is 7.97. The Morgan fingerprint density at radius 2 is 2.00 bits per heavy atom. The van der Waals surface area contributed by atoms with Gasteiger partial charge in [0.2, 0.25) is 5.88 Å². The fourth-order valence-electron chi connectivity index (χ4n) is 4.87. The van der Waals surface area contributed by atoms with Gasteiger partial charge in [0.25, 0.3) is 5.91 Å². The van der Waals surface area contributed by atoms with E-state index in [1.54, 1.807) is 25.6 Å². The van der Waals surface area contributed by atoms with Gasteiger partial charge in [0, 0.05) is 38.4 Å². The summed E-state index contributed by atoms with van der Waals surface area (Å²) in [7, 11) is 3.68. The van der Waals surface area contributed by atoms with E-state index in [0.717, 1.165) is 42.8 Å². The molecular weight excluding hydrogens is 368 g/mol. The molecule has 2 aliphatic rings. The van der Waals surface area contributed by atoms with Crippen LogP contribution in [0.3, 0.4) is 0 Å². The van der Waals surface area contributed by atoms with E-state index in [9.17, 15) is 4.79 Å². The molecule has 1 saturated carbocycles. The maximum Gasteiger partial charge on any atom is 0.272 e. The van der Waals surface area contributed by atoms with Crippen molar-refractivity contribution in [2.75, 3.05) is 32.1 Å². The zero-order valence-corrected chi connectivity index (χ0v) is 16.6. The van der Waals surface area contributed by atoms with E-state index < -0.39 is 0 Å². The summed E-state index contributed by atoms with van der Waals surface area (Å²) in [4.78, 5) is 33.4. The smallest absolute Gasteiger partial charge is 0.272 e. The summed E-state index contributed by atoms with van der Waals surface area (Å²) in [5.41, 5.74) is 1.32. The van der Waals surface area contributed by atoms with Gasteiger partial charge >= 0.3 is 0 Å². The second-order valence-corrected chi connectivity index (χ2v) is 7.97. The lowest BCUT2D eigenvalue weighted by Gasteiger charge is -2.28. The van der Waals surface area contributed by atoms with Gasteiger partial charge in [-0.1, -0.05) is 6.07 Å². The minimum Gasteiger partial charge on any atom is -0.481 e. The van der Waals surface area contributed by atoms with Crippen LogP contribution in [0.4, 0.5) is 5.82 Å². The topological polar surface area (TPSA) is 87.2 Å². The van der Waals surface area contributed by atoms with Gasteiger partial charge in [-0.05, 0) is 36.8 Å². The number of likely N-dealkylation sites (tertiary alicyclic amines) is 1. The number of carbonyl (C=O) groups excluding carboxylic acids is 1. The maximum absolute atomic E-state index is 12.9. The highest BCUT2D eigenvalue weighted by Crippen LogP contribution is 2.41. The molecule has 150 valence electrons. The zero-order chi connectivity index (χ0) is 20.0. The molecule has 0 aromatic carbocycles. The lowest BCUT2D eigenvalue weighted by Crippen LogP contribution is -2.34. The third kappa shape index (κ3) is 3.08. The van der Waals surface area contributed by atoms with E-state index in [1.807, 2.05) is 23.2 Å². The SMILES string of the molecule is COc1cccc(C(=O)N2CC3CC(N(C)c4ncnc5[nH]ccc45)CC3C2)n1. The van der Waals surface area contributed by atoms with Crippen LogP contribution in [-0.2, 0) is 0 Å². The Kier molecular flexibility index (Phi) is 4.34. The average molecular weight is 392 g/mol. The average Bonchev–Trinajstić information content (AvgIpc) is 3.46. The van der Waals surface area contributed by atoms with Crippen LogP contribution in [0.5, 0.6) is 5.88 Å². The highest BCUT2D eigenvalue weighted by Gasteiger charge is 2.44. The molecule has 1 aliphatic carbocycles. The number of pyridine rings is 1. The number of carbonyl (C=O) groups is 1. The molecule has 5 rings (SSSR count). The van der Waals surface area contributed by atoms with Crippen molar-refractivity contribution in [3.63, 3.8) is 0 Å². The van der Waals surface area contributed by atoms with Crippen molar-refractivity contribution in [2.45, 2.75) is 18.9 Å². The van der Waals surface area contributed by atoms with Gasteiger partial charge in [-0.25, -0.2) is 15.0 Å². The fraction of sp³-hybridized carbons (Fsp3) is 0.429. The monoisotopic (exact) mass is 392 g/mol. The summed E-state index contributed by atoms with van der Waals surface area (Å²) in [5, 5.41) is 1.05. The summed E-state index contributed by atoms with van der Waals surface area (Å²) < 4.78 is 5.15. The molecule has 29 heavy (non-hydrogen) atoms. The molecule has 4 heterocycles. The number of hydrogen-bond donors (Lipinski definition) is 1. The third-order valence-electron chi connectivity index (χ3n) is 6.38. The number of ether oxygens (including phenoxy) is 1. The van der Waals surface area contributed by atoms with Crippen LogP contribution >= 0.6 is 0 Å². The number of hydrogen-bond acceptors (Lipinski definition) is 6. The molecular formula is C21H24N6O2. The van der Waals surface area contributed by atoms with E-state index in [0.29, 0.717) is 29.5 Å². The Hall–Kier alpha value is -3.16. The zero-order valence-electron chi connectivity index (χ0n) is 16.6. The molecule has 2 fully saturated rings. The number of rotatable bonds is 4. The number of aromatic nitrogens is 4. The molecule has 3 aromatic rings. The summed E-state index contributed by atoms with van der Waals surface area (Å²) >= 11 is 0. The minimum atomic E-state index is -0.00645. The molecule has 0 spiro atoms. The molecule has 1 amide bonds. The molecule has 8 heteroatoms. The van der Waals surface area contributed by atoms with Gasteiger partial charge in [0.05, 0.1) is 12.5 Å². The second kappa shape index (κ2) is 7.02. The number of nitrogens with one attached hydrogen (secondary N) is 1. The van der Waals surface area contributed by atoms with Crippen molar-refractivity contribution in [1.29, 1.82) is 0 Å². The van der Waals surface area contributed by atoms with Crippen molar-refractivity contribution in [3.8, 4) is 5.88 Å². The largest absolute Gasteiger partial charge is 0.481 e. The van der Waals surface area contributed by atoms with Crippen LogP contribution in [0.1, 0.15) is 23.3 Å². The Labute approximate surface area is 168 Å². The van der Waals surface area contributed by atoms with Crippen LogP contribution in [0.2, 0.25) is 0 Å². The highest BCUT2D eigenvalue weighted by atomic mass is 16.5. The van der Waals surface area contributed by atoms with E-state index in [4.69, 9.17) is 4.74 Å². The normalized spacial score (nSPS) is 23.4. The first kappa shape index (κ1) is 17.9. The molecule has 8 nitrogen and oxygen atoms in total. The van der Waals surface area contributed by atoms with E-state index in [-0.39, 0.29) is 5.91 Å². The minimum absolute atomic E-state index is 0.00645. The number of aromatic amines is 1. The lowest BCUT2D eigenvalue weighted by atomic mass is 10.0. The summed E-state index contributed by atoms with van der Waals surface area (Å²) in [5.74, 6) is 2.46. The Morgan fingerprint density at radius 1 is 1.21 bits per heavy atom. The molecule has 3 aromatic heterocycles. The third-order valence-corrected chi connectivity index (χ3v) is 6.38. The summed E-state index contributed by atoms with van der Waals surface area (Å²) in [6, 6.07) is 7.77. The number of anilines is 1. The summed E-state index contributed by atoms with van der Waals surface area (Å²) in [6.45, 7) is 1.58. The van der Waals surface area contributed by atoms with Crippen LogP contribution < -0.4 is 9.64 Å². The Bertz CT molecular complexity index is 1040. The first-order chi connectivity index (χ1) is 14.1. The standard InChI is InChI=1S/C21H24N6O2/c1-26(20-16-6-7-22-19(16)23-12-24-20)15-8-13-10-27(11-14(13)9-15)21(28)17-4-3-5-18(25-17)29-2/h3-7,12-15H,8-11H2,1-2H3,(H,22,23,24). The van der Waals surface area contributed by atoms with Crippen molar-refractivity contribution < 1.29 is 9.53 Å². The van der Waals surface area contributed by atoms with Gasteiger partial charge in [-0.15, -0.1) is 0 Å². The lowest BCUT2D eigenvalue weighted by molar-refractivity contribution is 0.0773. The number of H-pyrrole nitrogens is 1. The van der Waals surface area contributed by atoms with Gasteiger partial charge in [0.15, 0.2) is 0 Å². The number of nitrogens with zero attached hydrogens (tertiary/aromatic N) is 5. The molecule has 2 unspecified atom stereocenters. The van der Waals surface area contributed by atoms with Crippen molar-refractivity contribution in [3.05, 3.63) is 42.5 Å². The van der Waals surface area contributed by atoms with Gasteiger partial charge in [-0.2, -0.15) is 0 Å². The molecule has 0 radical (unpaired) electrons. The predicted octanol–water partition coefficient (Wildman–Crippen LogP) is 2.35. The number of methoxy groups -OCH3 is 1. The van der Waals surface area contributed by atoms with Crippen molar-refractivity contribution in [1.82, 2.24) is 24.8 Å². The maximum atomic E-state index is 12.9. The molecule has 1 N–H and O–H groups in total. The molecule has 2 atom stereocenters. The predicted molar refractivity (Wildman–Crippen MR) is 109 cm³/mol. The van der Waals surface area contributed by atoms with Gasteiger partial charge < -0.3 is 19.5 Å². The van der Waals surface area contributed by atoms with Crippen molar-refractivity contribution in [2.24, 2.45) is 11.8 Å².